The summed E-state index contributed by atoms with van der Waals surface area (Å²) in [6.07, 6.45) is 3.31. The molecule has 4 heteroatoms. The van der Waals surface area contributed by atoms with Crippen LogP contribution < -0.4 is 0 Å². The average molecular weight is 245 g/mol. The monoisotopic (exact) mass is 245 g/mol. The zero-order valence-corrected chi connectivity index (χ0v) is 11.6. The standard InChI is InChI=1S/C14H19N3O/c1-6-17-10(2)12(9-16-17)7-11(8-15)13(18)14(3,4)5/h7,9H,6H2,1-5H3/b11-7+. The quantitative estimate of drug-likeness (QED) is 0.607. The van der Waals surface area contributed by atoms with Gasteiger partial charge in [0.15, 0.2) is 5.78 Å². The Labute approximate surface area is 108 Å². The maximum Gasteiger partial charge on any atom is 0.178 e. The van der Waals surface area contributed by atoms with E-state index in [-0.39, 0.29) is 11.4 Å². The number of nitrogens with zero attached hydrogens (tertiary/aromatic N) is 3. The Bertz CT molecular complexity index is 524. The highest BCUT2D eigenvalue weighted by molar-refractivity contribution is 6.06. The predicted octanol–water partition coefficient (Wildman–Crippen LogP) is 2.73. The molecule has 0 atom stereocenters. The van der Waals surface area contributed by atoms with Crippen LogP contribution in [0.5, 0.6) is 0 Å². The lowest BCUT2D eigenvalue weighted by molar-refractivity contribution is -0.121. The van der Waals surface area contributed by atoms with E-state index in [4.69, 9.17) is 5.26 Å². The van der Waals surface area contributed by atoms with E-state index < -0.39 is 5.41 Å². The smallest absolute Gasteiger partial charge is 0.178 e. The number of ketones is 1. The Morgan fingerprint density at radius 1 is 1.56 bits per heavy atom. The summed E-state index contributed by atoms with van der Waals surface area (Å²) < 4.78 is 1.84. The van der Waals surface area contributed by atoms with Gasteiger partial charge in [-0.2, -0.15) is 10.4 Å². The largest absolute Gasteiger partial charge is 0.293 e. The van der Waals surface area contributed by atoms with Crippen molar-refractivity contribution in [1.82, 2.24) is 9.78 Å². The van der Waals surface area contributed by atoms with Crippen molar-refractivity contribution in [3.8, 4) is 6.07 Å². The van der Waals surface area contributed by atoms with E-state index in [2.05, 4.69) is 5.10 Å². The van der Waals surface area contributed by atoms with Crippen molar-refractivity contribution in [3.63, 3.8) is 0 Å². The fourth-order valence-electron chi connectivity index (χ4n) is 1.63. The molecule has 96 valence electrons. The van der Waals surface area contributed by atoms with Crippen LogP contribution in [0.4, 0.5) is 0 Å². The minimum absolute atomic E-state index is 0.145. The van der Waals surface area contributed by atoms with Crippen molar-refractivity contribution >= 4 is 11.9 Å². The maximum absolute atomic E-state index is 12.1. The molecule has 0 bridgehead atoms. The molecule has 0 aliphatic heterocycles. The highest BCUT2D eigenvalue weighted by atomic mass is 16.1. The fraction of sp³-hybridized carbons (Fsp3) is 0.500. The van der Waals surface area contributed by atoms with Crippen molar-refractivity contribution in [2.24, 2.45) is 5.41 Å². The van der Waals surface area contributed by atoms with Crippen molar-refractivity contribution in [2.45, 2.75) is 41.2 Å². The molecule has 1 aromatic rings. The third-order valence-corrected chi connectivity index (χ3v) is 2.79. The summed E-state index contributed by atoms with van der Waals surface area (Å²) in [5, 5.41) is 13.3. The zero-order chi connectivity index (χ0) is 13.9. The van der Waals surface area contributed by atoms with Gasteiger partial charge in [-0.15, -0.1) is 0 Å². The van der Waals surface area contributed by atoms with Crippen LogP contribution in [-0.4, -0.2) is 15.6 Å². The van der Waals surface area contributed by atoms with E-state index in [1.165, 1.54) is 0 Å². The van der Waals surface area contributed by atoms with Crippen LogP contribution in [-0.2, 0) is 11.3 Å². The van der Waals surface area contributed by atoms with Crippen LogP contribution in [0.25, 0.3) is 6.08 Å². The first-order valence-electron chi connectivity index (χ1n) is 6.00. The second-order valence-corrected chi connectivity index (χ2v) is 5.25. The Balaban J connectivity index is 3.17. The minimum atomic E-state index is -0.545. The van der Waals surface area contributed by atoms with Crippen molar-refractivity contribution in [3.05, 3.63) is 23.0 Å². The number of allylic oxidation sites excluding steroid dienone is 1. The van der Waals surface area contributed by atoms with Gasteiger partial charge in [0.25, 0.3) is 0 Å². The normalized spacial score (nSPS) is 12.3. The molecule has 0 radical (unpaired) electrons. The fourth-order valence-corrected chi connectivity index (χ4v) is 1.63. The molecule has 0 N–H and O–H groups in total. The molecule has 0 fully saturated rings. The number of hydrogen-bond donors (Lipinski definition) is 0. The Kier molecular flexibility index (Phi) is 4.07. The second-order valence-electron chi connectivity index (χ2n) is 5.25. The molecule has 0 spiro atoms. The number of aryl methyl sites for hydroxylation is 1. The van der Waals surface area contributed by atoms with Crippen LogP contribution >= 0.6 is 0 Å². The van der Waals surface area contributed by atoms with E-state index in [0.717, 1.165) is 17.8 Å². The number of carbonyl (C=O) groups is 1. The van der Waals surface area contributed by atoms with E-state index in [1.807, 2.05) is 45.4 Å². The van der Waals surface area contributed by atoms with Crippen LogP contribution in [0.2, 0.25) is 0 Å². The highest BCUT2D eigenvalue weighted by Gasteiger charge is 2.25. The summed E-state index contributed by atoms with van der Waals surface area (Å²) >= 11 is 0. The topological polar surface area (TPSA) is 58.7 Å². The Morgan fingerprint density at radius 2 is 2.17 bits per heavy atom. The van der Waals surface area contributed by atoms with Gasteiger partial charge >= 0.3 is 0 Å². The molecular formula is C14H19N3O. The molecule has 0 amide bonds. The number of rotatable bonds is 3. The third-order valence-electron chi connectivity index (χ3n) is 2.79. The molecular weight excluding hydrogens is 226 g/mol. The molecule has 1 aromatic heterocycles. The summed E-state index contributed by atoms with van der Waals surface area (Å²) in [5.74, 6) is -0.145. The van der Waals surface area contributed by atoms with E-state index in [1.54, 1.807) is 12.3 Å². The van der Waals surface area contributed by atoms with Gasteiger partial charge in [0.1, 0.15) is 6.07 Å². The van der Waals surface area contributed by atoms with Gasteiger partial charge in [-0.3, -0.25) is 9.48 Å². The number of hydrogen-bond acceptors (Lipinski definition) is 3. The molecule has 0 aliphatic rings. The van der Waals surface area contributed by atoms with E-state index in [0.29, 0.717) is 0 Å². The molecule has 0 aromatic carbocycles. The molecule has 1 rings (SSSR count). The maximum atomic E-state index is 12.1. The third kappa shape index (κ3) is 2.86. The van der Waals surface area contributed by atoms with E-state index in [9.17, 15) is 4.79 Å². The summed E-state index contributed by atoms with van der Waals surface area (Å²) in [4.78, 5) is 12.1. The van der Waals surface area contributed by atoms with Crippen molar-refractivity contribution in [2.75, 3.05) is 0 Å². The summed E-state index contributed by atoms with van der Waals surface area (Å²) in [6.45, 7) is 10.1. The van der Waals surface area contributed by atoms with Crippen molar-refractivity contribution < 1.29 is 4.79 Å². The van der Waals surface area contributed by atoms with Gasteiger partial charge in [-0.25, -0.2) is 0 Å². The summed E-state index contributed by atoms with van der Waals surface area (Å²) in [6, 6.07) is 1.99. The van der Waals surface area contributed by atoms with Crippen LogP contribution in [0.15, 0.2) is 11.8 Å². The van der Waals surface area contributed by atoms with Gasteiger partial charge < -0.3 is 0 Å². The first-order valence-corrected chi connectivity index (χ1v) is 6.00. The first kappa shape index (κ1) is 14.2. The zero-order valence-electron chi connectivity index (χ0n) is 11.6. The highest BCUT2D eigenvalue weighted by Crippen LogP contribution is 2.22. The van der Waals surface area contributed by atoms with Gasteiger partial charge in [-0.05, 0) is 19.9 Å². The number of carbonyl (C=O) groups excluding carboxylic acids is 1. The second kappa shape index (κ2) is 5.18. The lowest BCUT2D eigenvalue weighted by atomic mass is 9.86. The minimum Gasteiger partial charge on any atom is -0.293 e. The van der Waals surface area contributed by atoms with Crippen molar-refractivity contribution in [1.29, 1.82) is 5.26 Å². The van der Waals surface area contributed by atoms with Crippen LogP contribution in [0, 0.1) is 23.7 Å². The molecule has 0 unspecified atom stereocenters. The number of aromatic nitrogens is 2. The molecule has 1 heterocycles. The number of Topliss-reactive ketones (excluding diaryl/α,β-unsaturated/α-hetero) is 1. The van der Waals surface area contributed by atoms with Gasteiger partial charge in [-0.1, -0.05) is 20.8 Å². The molecule has 18 heavy (non-hydrogen) atoms. The van der Waals surface area contributed by atoms with Gasteiger partial charge in [0, 0.05) is 23.2 Å². The Morgan fingerprint density at radius 3 is 2.56 bits per heavy atom. The van der Waals surface area contributed by atoms with E-state index >= 15 is 0 Å². The lowest BCUT2D eigenvalue weighted by Gasteiger charge is -2.15. The number of nitriles is 1. The Hall–Kier alpha value is -1.89. The lowest BCUT2D eigenvalue weighted by Crippen LogP contribution is -2.21. The summed E-state index contributed by atoms with van der Waals surface area (Å²) in [7, 11) is 0. The van der Waals surface area contributed by atoms with Crippen LogP contribution in [0.3, 0.4) is 0 Å². The first-order chi connectivity index (χ1) is 8.31. The molecule has 0 saturated carbocycles. The van der Waals surface area contributed by atoms with Gasteiger partial charge in [0.05, 0.1) is 11.8 Å². The molecule has 4 nitrogen and oxygen atoms in total. The summed E-state index contributed by atoms with van der Waals surface area (Å²) in [5.41, 5.74) is 1.43. The van der Waals surface area contributed by atoms with Crippen LogP contribution in [0.1, 0.15) is 39.0 Å². The SMILES string of the molecule is CCn1ncc(/C=C(\C#N)C(=O)C(C)(C)C)c1C. The predicted molar refractivity (Wildman–Crippen MR) is 70.7 cm³/mol. The molecule has 0 aliphatic carbocycles. The molecule has 0 saturated heterocycles. The van der Waals surface area contributed by atoms with Gasteiger partial charge in [0.2, 0.25) is 0 Å². The average Bonchev–Trinajstić information content (AvgIpc) is 2.65.